The largest absolute Gasteiger partial charge is 0.383 e. The first-order valence-electron chi connectivity index (χ1n) is 10.8. The van der Waals surface area contributed by atoms with Gasteiger partial charge in [0.1, 0.15) is 5.65 Å². The number of nitrogens with zero attached hydrogens (tertiary/aromatic N) is 3. The van der Waals surface area contributed by atoms with Gasteiger partial charge >= 0.3 is 0 Å². The molecule has 0 atom stereocenters. The Hall–Kier alpha value is -3.22. The summed E-state index contributed by atoms with van der Waals surface area (Å²) in [5.74, 6) is 0. The third-order valence-corrected chi connectivity index (χ3v) is 5.65. The van der Waals surface area contributed by atoms with Crippen molar-refractivity contribution >= 4 is 11.3 Å². The van der Waals surface area contributed by atoms with Crippen LogP contribution in [-0.4, -0.2) is 46.8 Å². The molecule has 0 bridgehead atoms. The number of pyridine rings is 2. The number of aromatic nitrogens is 3. The fraction of sp³-hybridized carbons (Fsp3) is 0.280. The molecule has 0 saturated carbocycles. The van der Waals surface area contributed by atoms with Crippen molar-refractivity contribution in [1.29, 1.82) is 0 Å². The van der Waals surface area contributed by atoms with Crippen LogP contribution in [0.25, 0.3) is 28.0 Å². The van der Waals surface area contributed by atoms with Crippen molar-refractivity contribution in [2.45, 2.75) is 18.9 Å². The number of anilines is 1. The lowest BCUT2D eigenvalue weighted by Crippen LogP contribution is -2.25. The summed E-state index contributed by atoms with van der Waals surface area (Å²) in [7, 11) is 0. The second-order valence-electron chi connectivity index (χ2n) is 7.71. The number of hydrogen-bond acceptors (Lipinski definition) is 5. The Kier molecular flexibility index (Phi) is 5.91. The van der Waals surface area contributed by atoms with E-state index in [1.165, 1.54) is 0 Å². The minimum absolute atomic E-state index is 0.338. The summed E-state index contributed by atoms with van der Waals surface area (Å²) in [5.41, 5.74) is 6.49. The number of benzene rings is 1. The highest BCUT2D eigenvalue weighted by Gasteiger charge is 2.13. The van der Waals surface area contributed by atoms with Crippen LogP contribution in [0, 0.1) is 0 Å². The topological polar surface area (TPSA) is 60.7 Å². The molecule has 4 heterocycles. The van der Waals surface area contributed by atoms with E-state index in [9.17, 15) is 0 Å². The lowest BCUT2D eigenvalue weighted by Gasteiger charge is -2.22. The van der Waals surface area contributed by atoms with Gasteiger partial charge in [0.25, 0.3) is 0 Å². The summed E-state index contributed by atoms with van der Waals surface area (Å²) in [6.07, 6.45) is 10.0. The zero-order valence-electron chi connectivity index (χ0n) is 17.4. The number of hydrogen-bond donors (Lipinski definition) is 1. The minimum Gasteiger partial charge on any atom is -0.383 e. The van der Waals surface area contributed by atoms with Crippen molar-refractivity contribution in [2.75, 3.05) is 31.7 Å². The molecule has 4 aromatic rings. The van der Waals surface area contributed by atoms with E-state index in [2.05, 4.69) is 56.2 Å². The van der Waals surface area contributed by atoms with Gasteiger partial charge in [0.05, 0.1) is 24.6 Å². The molecule has 0 amide bonds. The summed E-state index contributed by atoms with van der Waals surface area (Å²) >= 11 is 0. The molecule has 1 aromatic carbocycles. The van der Waals surface area contributed by atoms with Gasteiger partial charge in [-0.25, -0.2) is 4.98 Å². The Morgan fingerprint density at radius 2 is 1.71 bits per heavy atom. The average Bonchev–Trinajstić information content (AvgIpc) is 3.27. The number of ether oxygens (including phenoxy) is 2. The smallest absolute Gasteiger partial charge is 0.137 e. The van der Waals surface area contributed by atoms with E-state index in [4.69, 9.17) is 9.47 Å². The van der Waals surface area contributed by atoms with Crippen LogP contribution in [0.1, 0.15) is 12.8 Å². The second-order valence-corrected chi connectivity index (χ2v) is 7.71. The van der Waals surface area contributed by atoms with E-state index in [1.54, 1.807) is 0 Å². The van der Waals surface area contributed by atoms with Gasteiger partial charge in [0.15, 0.2) is 0 Å². The molecule has 1 aliphatic rings. The van der Waals surface area contributed by atoms with Crippen LogP contribution in [0.2, 0.25) is 0 Å². The van der Waals surface area contributed by atoms with Crippen LogP contribution in [0.15, 0.2) is 73.3 Å². The first kappa shape index (κ1) is 19.7. The predicted molar refractivity (Wildman–Crippen MR) is 122 cm³/mol. The standard InChI is InChI=1S/C25H26N4O2/c1-4-22(27-13-16-31-23-9-14-30-15-10-23)5-2-20(1)24-17-28-25-6-3-21(18-29(24)25)19-7-11-26-12-8-19/h1-8,11-12,17-18,23,27H,9-10,13-16H2. The van der Waals surface area contributed by atoms with Crippen molar-refractivity contribution in [3.05, 3.63) is 73.3 Å². The van der Waals surface area contributed by atoms with Crippen LogP contribution >= 0.6 is 0 Å². The van der Waals surface area contributed by atoms with E-state index in [0.717, 1.165) is 66.3 Å². The molecule has 0 unspecified atom stereocenters. The van der Waals surface area contributed by atoms with Crippen LogP contribution in [0.5, 0.6) is 0 Å². The zero-order chi connectivity index (χ0) is 20.9. The third kappa shape index (κ3) is 4.60. The Morgan fingerprint density at radius 1 is 0.935 bits per heavy atom. The van der Waals surface area contributed by atoms with Gasteiger partial charge in [0, 0.05) is 49.6 Å². The van der Waals surface area contributed by atoms with Gasteiger partial charge in [-0.05, 0) is 60.4 Å². The Morgan fingerprint density at radius 3 is 2.52 bits per heavy atom. The Labute approximate surface area is 181 Å². The normalized spacial score (nSPS) is 14.7. The molecule has 0 radical (unpaired) electrons. The van der Waals surface area contributed by atoms with Crippen molar-refractivity contribution in [2.24, 2.45) is 0 Å². The number of nitrogens with one attached hydrogen (secondary N) is 1. The zero-order valence-corrected chi connectivity index (χ0v) is 17.4. The van der Waals surface area contributed by atoms with Crippen molar-refractivity contribution < 1.29 is 9.47 Å². The lowest BCUT2D eigenvalue weighted by molar-refractivity contribution is -0.0283. The molecular weight excluding hydrogens is 388 g/mol. The van der Waals surface area contributed by atoms with Gasteiger partial charge in [-0.1, -0.05) is 12.1 Å². The summed E-state index contributed by atoms with van der Waals surface area (Å²) < 4.78 is 13.4. The van der Waals surface area contributed by atoms with Gasteiger partial charge in [-0.2, -0.15) is 0 Å². The molecule has 5 rings (SSSR count). The third-order valence-electron chi connectivity index (χ3n) is 5.65. The molecular formula is C25H26N4O2. The fourth-order valence-corrected chi connectivity index (χ4v) is 3.93. The van der Waals surface area contributed by atoms with Crippen LogP contribution < -0.4 is 5.32 Å². The molecule has 3 aromatic heterocycles. The summed E-state index contributed by atoms with van der Waals surface area (Å²) in [5, 5.41) is 3.44. The quantitative estimate of drug-likeness (QED) is 0.445. The van der Waals surface area contributed by atoms with E-state index in [0.29, 0.717) is 12.7 Å². The highest BCUT2D eigenvalue weighted by Crippen LogP contribution is 2.26. The Balaban J connectivity index is 1.26. The molecule has 1 fully saturated rings. The monoisotopic (exact) mass is 414 g/mol. The molecule has 6 heteroatoms. The number of rotatable bonds is 7. The van der Waals surface area contributed by atoms with Gasteiger partial charge in [0.2, 0.25) is 0 Å². The Bertz CT molecular complexity index is 1120. The van der Waals surface area contributed by atoms with E-state index in [-0.39, 0.29) is 0 Å². The molecule has 1 aliphatic heterocycles. The molecule has 0 spiro atoms. The molecule has 31 heavy (non-hydrogen) atoms. The molecule has 1 saturated heterocycles. The van der Waals surface area contributed by atoms with E-state index in [1.807, 2.05) is 36.8 Å². The maximum Gasteiger partial charge on any atom is 0.137 e. The van der Waals surface area contributed by atoms with Crippen LogP contribution in [0.3, 0.4) is 0 Å². The second kappa shape index (κ2) is 9.29. The first-order chi connectivity index (χ1) is 15.4. The van der Waals surface area contributed by atoms with E-state index >= 15 is 0 Å². The van der Waals surface area contributed by atoms with Gasteiger partial charge in [-0.15, -0.1) is 0 Å². The lowest BCUT2D eigenvalue weighted by atomic mass is 10.1. The maximum absolute atomic E-state index is 5.93. The number of fused-ring (bicyclic) bond motifs is 1. The fourth-order valence-electron chi connectivity index (χ4n) is 3.93. The molecule has 1 N–H and O–H groups in total. The predicted octanol–water partition coefficient (Wildman–Crippen LogP) is 4.67. The summed E-state index contributed by atoms with van der Waals surface area (Å²) in [6, 6.07) is 16.7. The first-order valence-corrected chi connectivity index (χ1v) is 10.8. The van der Waals surface area contributed by atoms with Crippen LogP contribution in [0.4, 0.5) is 5.69 Å². The highest BCUT2D eigenvalue weighted by molar-refractivity contribution is 5.70. The van der Waals surface area contributed by atoms with Gasteiger partial charge < -0.3 is 14.8 Å². The highest BCUT2D eigenvalue weighted by atomic mass is 16.5. The maximum atomic E-state index is 5.93. The summed E-state index contributed by atoms with van der Waals surface area (Å²) in [4.78, 5) is 8.68. The average molecular weight is 415 g/mol. The molecule has 158 valence electrons. The number of imidazole rings is 1. The summed E-state index contributed by atoms with van der Waals surface area (Å²) in [6.45, 7) is 3.12. The van der Waals surface area contributed by atoms with Gasteiger partial charge in [-0.3, -0.25) is 9.38 Å². The van der Waals surface area contributed by atoms with Crippen LogP contribution in [-0.2, 0) is 9.47 Å². The molecule has 6 nitrogen and oxygen atoms in total. The molecule has 0 aliphatic carbocycles. The SMILES string of the molecule is c1cc(-c2ccc3ncc(-c4ccc(NCCOC5CCOCC5)cc4)n3c2)ccn1. The van der Waals surface area contributed by atoms with Crippen molar-refractivity contribution in [3.63, 3.8) is 0 Å². The van der Waals surface area contributed by atoms with E-state index < -0.39 is 0 Å². The minimum atomic E-state index is 0.338. The van der Waals surface area contributed by atoms with Crippen molar-refractivity contribution in [3.8, 4) is 22.4 Å². The van der Waals surface area contributed by atoms with Crippen molar-refractivity contribution in [1.82, 2.24) is 14.4 Å².